The van der Waals surface area contributed by atoms with Crippen LogP contribution in [0, 0.1) is 29.4 Å². The summed E-state index contributed by atoms with van der Waals surface area (Å²) in [6, 6.07) is 14.3. The number of nitrogens with zero attached hydrogens (tertiary/aromatic N) is 2. The highest BCUT2D eigenvalue weighted by molar-refractivity contribution is 6.58. The van der Waals surface area contributed by atoms with Crippen LogP contribution in [0.4, 0.5) is 20.2 Å². The number of phenolic OH excluding ortho intramolecular Hbond substituents is 1. The summed E-state index contributed by atoms with van der Waals surface area (Å²) >= 11 is 20.5. The van der Waals surface area contributed by atoms with Crippen LogP contribution in [0.3, 0.4) is 0 Å². The van der Waals surface area contributed by atoms with Crippen molar-refractivity contribution in [2.24, 2.45) is 17.8 Å². The second kappa shape index (κ2) is 9.86. The standard InChI is InChI=1S/C32H21Cl3F2N2O5/c33-16-2-6-18(7-3-16)38-27(41)21-11-10-20-22(25(21)28(38)42)14-31(34)29(43)39(19-8-4-17(36)5-9-19)30(44)32(31,35)26(20)15-1-12-24(40)23(37)13-15/h1-10,12-13,21-22,25-26,40H,11,14H2. The average molecular weight is 658 g/mol. The molecule has 7 rings (SSSR count). The van der Waals surface area contributed by atoms with Gasteiger partial charge in [-0.1, -0.05) is 29.3 Å². The lowest BCUT2D eigenvalue weighted by molar-refractivity contribution is -0.125. The Morgan fingerprint density at radius 3 is 2.09 bits per heavy atom. The SMILES string of the molecule is O=C1C2CC=C3C(CC4(Cl)C(=O)N(c5ccc(F)cc5)C(=O)C4(Cl)C3c3ccc(O)c(F)c3)C2C(=O)N1c1ccc(Cl)cc1. The maximum Gasteiger partial charge on any atom is 0.258 e. The molecule has 2 aliphatic heterocycles. The molecule has 6 unspecified atom stereocenters. The van der Waals surface area contributed by atoms with Gasteiger partial charge in [0.05, 0.1) is 23.2 Å². The molecule has 3 fully saturated rings. The summed E-state index contributed by atoms with van der Waals surface area (Å²) in [6.07, 6.45) is 1.56. The minimum absolute atomic E-state index is 0.0300. The minimum Gasteiger partial charge on any atom is -0.505 e. The summed E-state index contributed by atoms with van der Waals surface area (Å²) in [5.74, 6) is -8.77. The van der Waals surface area contributed by atoms with Gasteiger partial charge in [0.25, 0.3) is 11.8 Å². The number of fused-ring (bicyclic) bond motifs is 4. The van der Waals surface area contributed by atoms with Gasteiger partial charge in [-0.2, -0.15) is 0 Å². The van der Waals surface area contributed by atoms with Crippen LogP contribution in [-0.2, 0) is 19.2 Å². The Morgan fingerprint density at radius 2 is 1.43 bits per heavy atom. The number of benzene rings is 3. The fourth-order valence-corrected chi connectivity index (χ4v) is 8.38. The third-order valence-electron chi connectivity index (χ3n) is 9.29. The number of hydrogen-bond donors (Lipinski definition) is 1. The van der Waals surface area contributed by atoms with E-state index in [9.17, 15) is 33.1 Å². The quantitative estimate of drug-likeness (QED) is 0.209. The van der Waals surface area contributed by atoms with Gasteiger partial charge in [0.2, 0.25) is 11.8 Å². The molecule has 44 heavy (non-hydrogen) atoms. The Balaban J connectivity index is 1.40. The maximum atomic E-state index is 14.8. The fraction of sp³-hybridized carbons (Fsp3) is 0.250. The van der Waals surface area contributed by atoms with Gasteiger partial charge < -0.3 is 5.11 Å². The van der Waals surface area contributed by atoms with Crippen LogP contribution in [0.5, 0.6) is 5.75 Å². The Morgan fingerprint density at radius 1 is 0.795 bits per heavy atom. The van der Waals surface area contributed by atoms with Crippen molar-refractivity contribution in [2.45, 2.75) is 28.5 Å². The van der Waals surface area contributed by atoms with E-state index in [1.54, 1.807) is 30.3 Å². The monoisotopic (exact) mass is 656 g/mol. The van der Waals surface area contributed by atoms with Gasteiger partial charge in [-0.3, -0.25) is 24.1 Å². The van der Waals surface area contributed by atoms with E-state index in [2.05, 4.69) is 0 Å². The van der Waals surface area contributed by atoms with E-state index in [1.165, 1.54) is 18.2 Å². The van der Waals surface area contributed by atoms with Crippen molar-refractivity contribution in [1.82, 2.24) is 0 Å². The molecule has 0 bridgehead atoms. The molecule has 3 aromatic carbocycles. The van der Waals surface area contributed by atoms with E-state index in [1.807, 2.05) is 0 Å². The molecule has 3 aromatic rings. The Bertz CT molecular complexity index is 1820. The van der Waals surface area contributed by atoms with Crippen molar-refractivity contribution in [3.63, 3.8) is 0 Å². The molecular weight excluding hydrogens is 637 g/mol. The number of hydrogen-bond acceptors (Lipinski definition) is 5. The Hall–Kier alpha value is -3.79. The van der Waals surface area contributed by atoms with Crippen molar-refractivity contribution in [1.29, 1.82) is 0 Å². The zero-order chi connectivity index (χ0) is 31.3. The first-order chi connectivity index (χ1) is 20.9. The molecule has 1 N–H and O–H groups in total. The third-order valence-corrected chi connectivity index (χ3v) is 11.0. The van der Waals surface area contributed by atoms with Gasteiger partial charge >= 0.3 is 0 Å². The number of anilines is 2. The smallest absolute Gasteiger partial charge is 0.258 e. The lowest BCUT2D eigenvalue weighted by Crippen LogP contribution is -2.60. The number of phenols is 1. The van der Waals surface area contributed by atoms with Crippen LogP contribution in [0.15, 0.2) is 78.4 Å². The van der Waals surface area contributed by atoms with Crippen molar-refractivity contribution in [2.75, 3.05) is 9.80 Å². The average Bonchev–Trinajstić information content (AvgIpc) is 3.33. The van der Waals surface area contributed by atoms with E-state index >= 15 is 0 Å². The van der Waals surface area contributed by atoms with E-state index in [-0.39, 0.29) is 24.1 Å². The van der Waals surface area contributed by atoms with E-state index in [4.69, 9.17) is 34.8 Å². The van der Waals surface area contributed by atoms with Crippen molar-refractivity contribution in [3.8, 4) is 5.75 Å². The predicted octanol–water partition coefficient (Wildman–Crippen LogP) is 6.09. The number of allylic oxidation sites excluding steroid dienone is 2. The van der Waals surface area contributed by atoms with E-state index < -0.39 is 74.4 Å². The number of aromatic hydroxyl groups is 1. The van der Waals surface area contributed by atoms with Crippen molar-refractivity contribution >= 4 is 69.8 Å². The number of amides is 4. The molecular formula is C32H21Cl3F2N2O5. The molecule has 2 aliphatic carbocycles. The van der Waals surface area contributed by atoms with Gasteiger partial charge in [-0.25, -0.2) is 13.7 Å². The number of halogens is 5. The first-order valence-electron chi connectivity index (χ1n) is 13.7. The minimum atomic E-state index is -2.21. The van der Waals surface area contributed by atoms with Crippen LogP contribution in [0.25, 0.3) is 0 Å². The lowest BCUT2D eigenvalue weighted by atomic mass is 9.56. The van der Waals surface area contributed by atoms with Gasteiger partial charge in [0, 0.05) is 10.9 Å². The third kappa shape index (κ3) is 3.79. The molecule has 12 heteroatoms. The first-order valence-corrected chi connectivity index (χ1v) is 14.9. The fourth-order valence-electron chi connectivity index (χ4n) is 7.32. The highest BCUT2D eigenvalue weighted by atomic mass is 35.5. The second-order valence-corrected chi connectivity index (χ2v) is 13.1. The predicted molar refractivity (Wildman–Crippen MR) is 159 cm³/mol. The number of carbonyl (C=O) groups excluding carboxylic acids is 4. The summed E-state index contributed by atoms with van der Waals surface area (Å²) in [5.41, 5.74) is 0.963. The molecule has 7 nitrogen and oxygen atoms in total. The van der Waals surface area contributed by atoms with Crippen LogP contribution >= 0.6 is 34.8 Å². The van der Waals surface area contributed by atoms with Crippen LogP contribution in [0.2, 0.25) is 5.02 Å². The molecule has 1 saturated carbocycles. The molecule has 0 spiro atoms. The van der Waals surface area contributed by atoms with Gasteiger partial charge in [0.15, 0.2) is 21.3 Å². The molecule has 0 aromatic heterocycles. The largest absolute Gasteiger partial charge is 0.505 e. The van der Waals surface area contributed by atoms with Crippen LogP contribution in [-0.4, -0.2) is 38.5 Å². The maximum absolute atomic E-state index is 14.8. The van der Waals surface area contributed by atoms with Crippen molar-refractivity contribution in [3.05, 3.63) is 101 Å². The lowest BCUT2D eigenvalue weighted by Gasteiger charge is -2.50. The molecule has 224 valence electrons. The zero-order valence-corrected chi connectivity index (χ0v) is 24.8. The summed E-state index contributed by atoms with van der Waals surface area (Å²) < 4.78 is 28.6. The summed E-state index contributed by atoms with van der Waals surface area (Å²) in [7, 11) is 0. The summed E-state index contributed by atoms with van der Waals surface area (Å²) in [4.78, 5) is 53.7. The number of alkyl halides is 2. The molecule has 6 atom stereocenters. The zero-order valence-electron chi connectivity index (χ0n) is 22.5. The van der Waals surface area contributed by atoms with Gasteiger partial charge in [-0.15, -0.1) is 23.2 Å². The van der Waals surface area contributed by atoms with Crippen molar-refractivity contribution < 1.29 is 33.1 Å². The molecule has 0 radical (unpaired) electrons. The van der Waals surface area contributed by atoms with Crippen LogP contribution in [0.1, 0.15) is 24.3 Å². The van der Waals surface area contributed by atoms with Gasteiger partial charge in [0.1, 0.15) is 5.82 Å². The first kappa shape index (κ1) is 29.0. The van der Waals surface area contributed by atoms with E-state index in [0.717, 1.165) is 34.1 Å². The number of carbonyl (C=O) groups is 4. The Kier molecular flexibility index (Phi) is 6.49. The second-order valence-electron chi connectivity index (χ2n) is 11.4. The van der Waals surface area contributed by atoms with E-state index in [0.29, 0.717) is 16.3 Å². The highest BCUT2D eigenvalue weighted by Crippen LogP contribution is 2.66. The summed E-state index contributed by atoms with van der Waals surface area (Å²) in [6.45, 7) is 0. The highest BCUT2D eigenvalue weighted by Gasteiger charge is 2.76. The normalized spacial score (nSPS) is 31.2. The molecule has 4 amide bonds. The van der Waals surface area contributed by atoms with Crippen LogP contribution < -0.4 is 9.80 Å². The molecule has 2 heterocycles. The number of imide groups is 2. The van der Waals surface area contributed by atoms with Gasteiger partial charge in [-0.05, 0) is 85.0 Å². The molecule has 2 saturated heterocycles. The number of rotatable bonds is 3. The summed E-state index contributed by atoms with van der Waals surface area (Å²) in [5, 5.41) is 10.3. The topological polar surface area (TPSA) is 95.0 Å². The molecule has 4 aliphatic rings. The Labute approximate surface area is 264 Å².